The molecule has 0 radical (unpaired) electrons. The zero-order valence-electron chi connectivity index (χ0n) is 12.5. The van der Waals surface area contributed by atoms with Crippen LogP contribution >= 0.6 is 0 Å². The minimum atomic E-state index is -3.40. The van der Waals surface area contributed by atoms with Crippen LogP contribution in [-0.2, 0) is 14.6 Å². The van der Waals surface area contributed by atoms with Gasteiger partial charge in [-0.25, -0.2) is 13.4 Å². The number of non-ortho nitro benzene ring substituents is 1. The summed E-state index contributed by atoms with van der Waals surface area (Å²) in [7, 11) is -3.40. The normalized spacial score (nSPS) is 11.4. The fraction of sp³-hybridized carbons (Fsp3) is 0.0667. The zero-order valence-corrected chi connectivity index (χ0v) is 13.4. The molecule has 2 rings (SSSR count). The van der Waals surface area contributed by atoms with Crippen molar-refractivity contribution in [2.75, 3.05) is 11.6 Å². The van der Waals surface area contributed by atoms with Crippen LogP contribution in [0.4, 0.5) is 11.4 Å². The number of hydrogen-bond donors (Lipinski definition) is 1. The van der Waals surface area contributed by atoms with E-state index in [4.69, 9.17) is 0 Å². The Balaban J connectivity index is 2.05. The van der Waals surface area contributed by atoms with Crippen molar-refractivity contribution in [3.05, 3.63) is 64.3 Å². The van der Waals surface area contributed by atoms with Crippen LogP contribution in [0.15, 0.2) is 53.7 Å². The van der Waals surface area contributed by atoms with Crippen LogP contribution < -0.4 is 5.32 Å². The number of nitrogens with one attached hydrogen (secondary N) is 1. The van der Waals surface area contributed by atoms with Gasteiger partial charge in [-0.2, -0.15) is 0 Å². The highest BCUT2D eigenvalue weighted by molar-refractivity contribution is 7.90. The highest BCUT2D eigenvalue weighted by Crippen LogP contribution is 2.14. The lowest BCUT2D eigenvalue weighted by Gasteiger charge is -2.02. The van der Waals surface area contributed by atoms with Crippen LogP contribution in [-0.4, -0.2) is 30.5 Å². The van der Waals surface area contributed by atoms with Crippen molar-refractivity contribution in [1.29, 1.82) is 0 Å². The summed E-state index contributed by atoms with van der Waals surface area (Å²) in [5.41, 5.74) is 0.763. The SMILES string of the molecule is CS(=O)(=O)c1ccc(NC(=O)C=Cc2cccc([N+](=O)[O-])c2)cn1. The van der Waals surface area contributed by atoms with Crippen molar-refractivity contribution in [2.45, 2.75) is 5.03 Å². The molecule has 0 bridgehead atoms. The van der Waals surface area contributed by atoms with E-state index in [-0.39, 0.29) is 10.7 Å². The lowest BCUT2D eigenvalue weighted by Crippen LogP contribution is -2.09. The maximum absolute atomic E-state index is 11.8. The van der Waals surface area contributed by atoms with E-state index in [1.54, 1.807) is 6.07 Å². The Labute approximate surface area is 137 Å². The summed E-state index contributed by atoms with van der Waals surface area (Å²) in [5.74, 6) is -0.476. The van der Waals surface area contributed by atoms with Gasteiger partial charge in [-0.1, -0.05) is 12.1 Å². The Morgan fingerprint density at radius 2 is 2.04 bits per heavy atom. The van der Waals surface area contributed by atoms with Gasteiger partial charge < -0.3 is 5.32 Å². The molecule has 0 aliphatic carbocycles. The molecule has 0 aliphatic heterocycles. The second kappa shape index (κ2) is 7.01. The summed E-state index contributed by atoms with van der Waals surface area (Å²) >= 11 is 0. The Kier molecular flexibility index (Phi) is 5.05. The molecular weight excluding hydrogens is 334 g/mol. The van der Waals surface area contributed by atoms with Gasteiger partial charge in [-0.05, 0) is 23.8 Å². The summed E-state index contributed by atoms with van der Waals surface area (Å²) in [6.45, 7) is 0. The Morgan fingerprint density at radius 3 is 2.62 bits per heavy atom. The van der Waals surface area contributed by atoms with E-state index in [1.807, 2.05) is 0 Å². The molecule has 1 N–H and O–H groups in total. The molecule has 124 valence electrons. The molecule has 1 aromatic heterocycles. The molecule has 0 atom stereocenters. The number of carbonyl (C=O) groups is 1. The minimum absolute atomic E-state index is 0.0712. The topological polar surface area (TPSA) is 119 Å². The standard InChI is InChI=1S/C15H13N3O5S/c1-24(22,23)15-8-6-12(10-16-15)17-14(19)7-5-11-3-2-4-13(9-11)18(20)21/h2-10H,1H3,(H,17,19). The molecule has 0 saturated carbocycles. The van der Waals surface area contributed by atoms with Crippen molar-refractivity contribution < 1.29 is 18.1 Å². The average molecular weight is 347 g/mol. The number of benzene rings is 1. The lowest BCUT2D eigenvalue weighted by molar-refractivity contribution is -0.384. The van der Waals surface area contributed by atoms with Crippen molar-refractivity contribution in [3.63, 3.8) is 0 Å². The quantitative estimate of drug-likeness (QED) is 0.502. The van der Waals surface area contributed by atoms with Crippen molar-refractivity contribution in [3.8, 4) is 0 Å². The van der Waals surface area contributed by atoms with Crippen LogP contribution in [0.25, 0.3) is 6.08 Å². The summed E-state index contributed by atoms with van der Waals surface area (Å²) in [6.07, 6.45) is 4.91. The number of anilines is 1. The van der Waals surface area contributed by atoms with Crippen LogP contribution in [0.1, 0.15) is 5.56 Å². The van der Waals surface area contributed by atoms with E-state index in [2.05, 4.69) is 10.3 Å². The van der Waals surface area contributed by atoms with Crippen LogP contribution in [0.2, 0.25) is 0 Å². The molecule has 0 saturated heterocycles. The number of nitrogens with zero attached hydrogens (tertiary/aromatic N) is 2. The van der Waals surface area contributed by atoms with Gasteiger partial charge in [-0.15, -0.1) is 0 Å². The highest BCUT2D eigenvalue weighted by atomic mass is 32.2. The maximum atomic E-state index is 11.8. The van der Waals surface area contributed by atoms with E-state index in [9.17, 15) is 23.3 Å². The molecule has 8 nitrogen and oxygen atoms in total. The number of carbonyl (C=O) groups excluding carboxylic acids is 1. The Bertz CT molecular complexity index is 905. The molecule has 0 fully saturated rings. The molecule has 1 heterocycles. The first kappa shape index (κ1) is 17.3. The number of hydrogen-bond acceptors (Lipinski definition) is 6. The fourth-order valence-corrected chi connectivity index (χ4v) is 2.33. The van der Waals surface area contributed by atoms with Gasteiger partial charge in [0.1, 0.15) is 0 Å². The van der Waals surface area contributed by atoms with Gasteiger partial charge in [0.05, 0.1) is 16.8 Å². The predicted molar refractivity (Wildman–Crippen MR) is 88.1 cm³/mol. The molecule has 0 spiro atoms. The number of rotatable bonds is 5. The third-order valence-electron chi connectivity index (χ3n) is 2.89. The highest BCUT2D eigenvalue weighted by Gasteiger charge is 2.08. The second-order valence-corrected chi connectivity index (χ2v) is 6.79. The predicted octanol–water partition coefficient (Wildman–Crippen LogP) is 2.05. The largest absolute Gasteiger partial charge is 0.321 e. The Morgan fingerprint density at radius 1 is 1.29 bits per heavy atom. The van der Waals surface area contributed by atoms with Crippen LogP contribution in [0.5, 0.6) is 0 Å². The molecule has 0 unspecified atom stereocenters. The molecular formula is C15H13N3O5S. The monoisotopic (exact) mass is 347 g/mol. The van der Waals surface area contributed by atoms with Gasteiger partial charge in [0.15, 0.2) is 14.9 Å². The number of aromatic nitrogens is 1. The first-order chi connectivity index (χ1) is 11.3. The number of nitro benzene ring substituents is 1. The number of amides is 1. The van der Waals surface area contributed by atoms with E-state index in [0.29, 0.717) is 11.3 Å². The summed E-state index contributed by atoms with van der Waals surface area (Å²) in [6, 6.07) is 8.54. The van der Waals surface area contributed by atoms with Gasteiger partial charge in [-0.3, -0.25) is 14.9 Å². The second-order valence-electron chi connectivity index (χ2n) is 4.83. The average Bonchev–Trinajstić information content (AvgIpc) is 2.53. The number of pyridine rings is 1. The summed E-state index contributed by atoms with van der Waals surface area (Å²) in [5, 5.41) is 13.1. The number of sulfone groups is 1. The fourth-order valence-electron chi connectivity index (χ4n) is 1.77. The van der Waals surface area contributed by atoms with Gasteiger partial charge in [0, 0.05) is 24.5 Å². The minimum Gasteiger partial charge on any atom is -0.321 e. The van der Waals surface area contributed by atoms with Crippen molar-refractivity contribution in [2.24, 2.45) is 0 Å². The van der Waals surface area contributed by atoms with E-state index in [1.165, 1.54) is 48.7 Å². The molecule has 9 heteroatoms. The zero-order chi connectivity index (χ0) is 17.7. The smallest absolute Gasteiger partial charge is 0.270 e. The molecule has 24 heavy (non-hydrogen) atoms. The first-order valence-electron chi connectivity index (χ1n) is 6.65. The van der Waals surface area contributed by atoms with Crippen molar-refractivity contribution >= 4 is 33.2 Å². The third kappa shape index (κ3) is 4.71. The molecule has 0 aliphatic rings. The summed E-state index contributed by atoms with van der Waals surface area (Å²) < 4.78 is 22.6. The third-order valence-corrected chi connectivity index (χ3v) is 3.89. The maximum Gasteiger partial charge on any atom is 0.270 e. The molecule has 1 amide bonds. The number of nitro groups is 1. The summed E-state index contributed by atoms with van der Waals surface area (Å²) in [4.78, 5) is 25.7. The Hall–Kier alpha value is -3.07. The first-order valence-corrected chi connectivity index (χ1v) is 8.54. The van der Waals surface area contributed by atoms with Gasteiger partial charge in [0.25, 0.3) is 5.69 Å². The molecule has 1 aromatic carbocycles. The van der Waals surface area contributed by atoms with Gasteiger partial charge in [0.2, 0.25) is 5.91 Å². The molecule has 2 aromatic rings. The van der Waals surface area contributed by atoms with Crippen LogP contribution in [0, 0.1) is 10.1 Å². The van der Waals surface area contributed by atoms with E-state index < -0.39 is 20.7 Å². The lowest BCUT2D eigenvalue weighted by atomic mass is 10.2. The van der Waals surface area contributed by atoms with Crippen LogP contribution in [0.3, 0.4) is 0 Å². The van der Waals surface area contributed by atoms with E-state index >= 15 is 0 Å². The van der Waals surface area contributed by atoms with Crippen molar-refractivity contribution in [1.82, 2.24) is 4.98 Å². The van der Waals surface area contributed by atoms with Gasteiger partial charge >= 0.3 is 0 Å². The van der Waals surface area contributed by atoms with E-state index in [0.717, 1.165) is 6.26 Å².